The Labute approximate surface area is 232 Å². The Kier molecular flexibility index (Phi) is 8.25. The first kappa shape index (κ1) is 26.2. The summed E-state index contributed by atoms with van der Waals surface area (Å²) in [6.45, 7) is 1.82. The van der Waals surface area contributed by atoms with Crippen molar-refractivity contribution in [1.29, 1.82) is 0 Å². The molecule has 0 bridgehead atoms. The van der Waals surface area contributed by atoms with E-state index in [4.69, 9.17) is 53.6 Å². The molecule has 4 aromatic carbocycles. The first-order valence-electron chi connectivity index (χ1n) is 12.3. The molecule has 38 heavy (non-hydrogen) atoms. The van der Waals surface area contributed by atoms with Crippen LogP contribution in [0.3, 0.4) is 0 Å². The van der Waals surface area contributed by atoms with E-state index in [0.717, 1.165) is 45.3 Å². The summed E-state index contributed by atoms with van der Waals surface area (Å²) in [5, 5.41) is 1.38. The van der Waals surface area contributed by atoms with Crippen LogP contribution in [-0.2, 0) is 0 Å². The van der Waals surface area contributed by atoms with Crippen molar-refractivity contribution in [3.8, 4) is 45.3 Å². The van der Waals surface area contributed by atoms with E-state index >= 15 is 0 Å². The molecule has 4 N–H and O–H groups in total. The van der Waals surface area contributed by atoms with Crippen LogP contribution in [0, 0.1) is 0 Å². The van der Waals surface area contributed by atoms with Crippen molar-refractivity contribution in [3.63, 3.8) is 0 Å². The van der Waals surface area contributed by atoms with Gasteiger partial charge in [0.1, 0.15) is 25.4 Å². The predicted molar refractivity (Wildman–Crippen MR) is 152 cm³/mol. The van der Waals surface area contributed by atoms with Gasteiger partial charge in [0.25, 0.3) is 0 Å². The molecule has 0 radical (unpaired) electrons. The van der Waals surface area contributed by atoms with Gasteiger partial charge in [0, 0.05) is 45.4 Å². The molecule has 0 fully saturated rings. The number of fused-ring (bicyclic) bond motifs is 2. The van der Waals surface area contributed by atoms with E-state index in [2.05, 4.69) is 0 Å². The summed E-state index contributed by atoms with van der Waals surface area (Å²) in [5.74, 6) is 2.92. The highest BCUT2D eigenvalue weighted by molar-refractivity contribution is 6.33. The lowest BCUT2D eigenvalue weighted by Crippen LogP contribution is -2.35. The maximum atomic E-state index is 6.25. The molecule has 2 aliphatic heterocycles. The first-order valence-corrected chi connectivity index (χ1v) is 13.1. The van der Waals surface area contributed by atoms with E-state index in [1.165, 1.54) is 0 Å². The molecule has 0 saturated heterocycles. The van der Waals surface area contributed by atoms with Crippen molar-refractivity contribution in [2.45, 2.75) is 12.2 Å². The van der Waals surface area contributed by atoms with Gasteiger partial charge in [-0.05, 0) is 24.3 Å². The predicted octanol–water partition coefficient (Wildman–Crippen LogP) is 6.21. The zero-order chi connectivity index (χ0) is 26.5. The zero-order valence-electron chi connectivity index (χ0n) is 20.6. The Morgan fingerprint density at radius 1 is 0.553 bits per heavy atom. The molecule has 8 heteroatoms. The lowest BCUT2D eigenvalue weighted by Gasteiger charge is -2.27. The van der Waals surface area contributed by atoms with Crippen LogP contribution in [0.25, 0.3) is 22.3 Å². The smallest absolute Gasteiger partial charge is 0.169 e. The number of rotatable bonds is 4. The Morgan fingerprint density at radius 3 is 1.34 bits per heavy atom. The minimum absolute atomic E-state index is 0.115. The largest absolute Gasteiger partial charge is 0.486 e. The summed E-state index contributed by atoms with van der Waals surface area (Å²) < 4.78 is 23.2. The number of hydrogen-bond acceptors (Lipinski definition) is 6. The molecule has 0 amide bonds. The number of hydrogen-bond donors (Lipinski definition) is 2. The number of halogens is 2. The maximum absolute atomic E-state index is 6.25. The third-order valence-corrected chi connectivity index (χ3v) is 6.89. The number of ether oxygens (including phenoxy) is 4. The summed E-state index contributed by atoms with van der Waals surface area (Å²) in [7, 11) is 0. The van der Waals surface area contributed by atoms with Crippen molar-refractivity contribution in [2.75, 3.05) is 26.3 Å². The van der Waals surface area contributed by atoms with Crippen LogP contribution < -0.4 is 30.4 Å². The van der Waals surface area contributed by atoms with E-state index in [1.54, 1.807) is 0 Å². The van der Waals surface area contributed by atoms with Gasteiger partial charge >= 0.3 is 0 Å². The van der Waals surface area contributed by atoms with Gasteiger partial charge in [0.05, 0.1) is 0 Å². The molecular weight excluding hydrogens is 523 g/mol. The van der Waals surface area contributed by atoms with Crippen LogP contribution in [0.4, 0.5) is 0 Å². The lowest BCUT2D eigenvalue weighted by atomic mass is 10.0. The fourth-order valence-corrected chi connectivity index (χ4v) is 4.76. The zero-order valence-corrected chi connectivity index (χ0v) is 22.1. The average molecular weight is 551 g/mol. The molecule has 0 unspecified atom stereocenters. The second kappa shape index (κ2) is 12.0. The van der Waals surface area contributed by atoms with Gasteiger partial charge in [0.2, 0.25) is 0 Å². The van der Waals surface area contributed by atoms with E-state index in [0.29, 0.717) is 36.3 Å². The highest BCUT2D eigenvalue weighted by Gasteiger charge is 2.25. The van der Waals surface area contributed by atoms with Gasteiger partial charge < -0.3 is 30.4 Å². The topological polar surface area (TPSA) is 89.0 Å². The molecule has 2 aliphatic rings. The summed E-state index contributed by atoms with van der Waals surface area (Å²) >= 11 is 12.5. The van der Waals surface area contributed by atoms with Gasteiger partial charge in [-0.1, -0.05) is 83.9 Å². The first-order chi connectivity index (χ1) is 18.6. The molecule has 2 atom stereocenters. The molecule has 6 rings (SSSR count). The molecule has 196 valence electrons. The minimum atomic E-state index is -0.115. The standard InChI is InChI=1S/2C15H14ClNO2/c2*16-13-6-2-1-4-11(13)12-5-3-7-14-15(12)19-10(8-17)9-18-14/h2*1-7,10H,8-9,17H2/t2*10-/m10/s1. The summed E-state index contributed by atoms with van der Waals surface area (Å²) in [5.41, 5.74) is 15.0. The van der Waals surface area contributed by atoms with Crippen LogP contribution in [0.1, 0.15) is 0 Å². The Morgan fingerprint density at radius 2 is 0.947 bits per heavy atom. The average Bonchev–Trinajstić information content (AvgIpc) is 2.97. The van der Waals surface area contributed by atoms with Crippen LogP contribution in [-0.4, -0.2) is 38.5 Å². The van der Waals surface area contributed by atoms with Crippen LogP contribution in [0.2, 0.25) is 10.0 Å². The summed E-state index contributed by atoms with van der Waals surface area (Å²) in [4.78, 5) is 0. The quantitative estimate of drug-likeness (QED) is 0.314. The van der Waals surface area contributed by atoms with Crippen LogP contribution in [0.5, 0.6) is 23.0 Å². The SMILES string of the molecule is NC[C@@H]1COc2cccc(-c3ccccc3Cl)c2O1.NC[C@H]1COc2cccc(-c3ccccc3Cl)c2O1. The number of nitrogens with two attached hydrogens (primary N) is 2. The van der Waals surface area contributed by atoms with Crippen molar-refractivity contribution in [3.05, 3.63) is 95.0 Å². The van der Waals surface area contributed by atoms with Gasteiger partial charge in [-0.2, -0.15) is 0 Å². The Bertz CT molecular complexity index is 1310. The van der Waals surface area contributed by atoms with Crippen LogP contribution in [0.15, 0.2) is 84.9 Å². The molecule has 0 aromatic heterocycles. The highest BCUT2D eigenvalue weighted by Crippen LogP contribution is 2.44. The Hall–Kier alpha value is -3.42. The van der Waals surface area contributed by atoms with Gasteiger partial charge in [0.15, 0.2) is 23.0 Å². The van der Waals surface area contributed by atoms with Gasteiger partial charge in [-0.25, -0.2) is 0 Å². The van der Waals surface area contributed by atoms with Crippen molar-refractivity contribution in [1.82, 2.24) is 0 Å². The second-order valence-electron chi connectivity index (χ2n) is 8.80. The highest BCUT2D eigenvalue weighted by atomic mass is 35.5. The fraction of sp³-hybridized carbons (Fsp3) is 0.200. The molecule has 0 aliphatic carbocycles. The molecular formula is C30H28Cl2N2O4. The summed E-state index contributed by atoms with van der Waals surface area (Å²) in [6.07, 6.45) is -0.229. The van der Waals surface area contributed by atoms with Gasteiger partial charge in [-0.3, -0.25) is 0 Å². The van der Waals surface area contributed by atoms with E-state index in [1.807, 2.05) is 84.9 Å². The molecule has 2 heterocycles. The van der Waals surface area contributed by atoms with Crippen LogP contribution >= 0.6 is 23.2 Å². The van der Waals surface area contributed by atoms with E-state index in [9.17, 15) is 0 Å². The van der Waals surface area contributed by atoms with Crippen molar-refractivity contribution >= 4 is 23.2 Å². The van der Waals surface area contributed by atoms with E-state index < -0.39 is 0 Å². The number of para-hydroxylation sites is 2. The maximum Gasteiger partial charge on any atom is 0.169 e. The number of benzene rings is 4. The molecule has 0 saturated carbocycles. The summed E-state index contributed by atoms with van der Waals surface area (Å²) in [6, 6.07) is 27.0. The second-order valence-corrected chi connectivity index (χ2v) is 9.61. The molecule has 6 nitrogen and oxygen atoms in total. The van der Waals surface area contributed by atoms with Crippen molar-refractivity contribution < 1.29 is 18.9 Å². The van der Waals surface area contributed by atoms with Crippen molar-refractivity contribution in [2.24, 2.45) is 11.5 Å². The normalized spacial score (nSPS) is 17.3. The third kappa shape index (κ3) is 5.54. The fourth-order valence-electron chi connectivity index (χ4n) is 4.28. The lowest BCUT2D eigenvalue weighted by molar-refractivity contribution is 0.0976. The molecule has 4 aromatic rings. The third-order valence-electron chi connectivity index (χ3n) is 6.23. The minimum Gasteiger partial charge on any atom is -0.486 e. The molecule has 0 spiro atoms. The van der Waals surface area contributed by atoms with Gasteiger partial charge in [-0.15, -0.1) is 0 Å². The van der Waals surface area contributed by atoms with E-state index in [-0.39, 0.29) is 12.2 Å². The Balaban J connectivity index is 0.000000155. The monoisotopic (exact) mass is 550 g/mol.